The molecule has 0 fully saturated rings. The van der Waals surface area contributed by atoms with E-state index in [-0.39, 0.29) is 0 Å². The molecule has 5 nitrogen and oxygen atoms in total. The SMILES string of the molecule is NC(Cc1cccs1)C(=O)OC(=O)[C@@H]1Cc2ccccc2CN1. The van der Waals surface area contributed by atoms with E-state index in [2.05, 4.69) is 5.32 Å². The summed E-state index contributed by atoms with van der Waals surface area (Å²) in [6.07, 6.45) is 0.896. The van der Waals surface area contributed by atoms with Crippen molar-refractivity contribution >= 4 is 23.3 Å². The highest BCUT2D eigenvalue weighted by molar-refractivity contribution is 7.09. The number of hydrogen-bond acceptors (Lipinski definition) is 6. The Balaban J connectivity index is 1.56. The first-order valence-electron chi connectivity index (χ1n) is 7.47. The number of rotatable bonds is 4. The zero-order valence-corrected chi connectivity index (χ0v) is 13.3. The second-order valence-corrected chi connectivity index (χ2v) is 6.57. The molecule has 3 N–H and O–H groups in total. The summed E-state index contributed by atoms with van der Waals surface area (Å²) < 4.78 is 4.95. The van der Waals surface area contributed by atoms with E-state index in [4.69, 9.17) is 10.5 Å². The maximum atomic E-state index is 12.2. The number of nitrogens with two attached hydrogens (primary N) is 1. The van der Waals surface area contributed by atoms with Gasteiger partial charge in [0.1, 0.15) is 12.1 Å². The van der Waals surface area contributed by atoms with Crippen molar-refractivity contribution in [3.8, 4) is 0 Å². The van der Waals surface area contributed by atoms with Crippen LogP contribution < -0.4 is 11.1 Å². The predicted molar refractivity (Wildman–Crippen MR) is 87.9 cm³/mol. The molecule has 1 aliphatic heterocycles. The van der Waals surface area contributed by atoms with Crippen molar-refractivity contribution in [2.45, 2.75) is 31.5 Å². The average molecular weight is 330 g/mol. The van der Waals surface area contributed by atoms with Gasteiger partial charge in [0.05, 0.1) is 0 Å². The van der Waals surface area contributed by atoms with E-state index in [9.17, 15) is 9.59 Å². The average Bonchev–Trinajstić information content (AvgIpc) is 3.07. The third-order valence-corrected chi connectivity index (χ3v) is 4.77. The van der Waals surface area contributed by atoms with Crippen molar-refractivity contribution in [2.75, 3.05) is 0 Å². The van der Waals surface area contributed by atoms with E-state index < -0.39 is 24.0 Å². The van der Waals surface area contributed by atoms with Crippen LogP contribution in [0.1, 0.15) is 16.0 Å². The van der Waals surface area contributed by atoms with Crippen LogP contribution in [-0.2, 0) is 33.7 Å². The molecule has 0 amide bonds. The fraction of sp³-hybridized carbons (Fsp3) is 0.294. The number of carbonyl (C=O) groups is 2. The molecule has 2 atom stereocenters. The van der Waals surface area contributed by atoms with Gasteiger partial charge in [-0.05, 0) is 29.0 Å². The Kier molecular flexibility index (Phi) is 4.85. The van der Waals surface area contributed by atoms with Gasteiger partial charge in [-0.25, -0.2) is 9.59 Å². The molecule has 1 unspecified atom stereocenters. The third kappa shape index (κ3) is 3.85. The van der Waals surface area contributed by atoms with Crippen LogP contribution in [0.5, 0.6) is 0 Å². The fourth-order valence-electron chi connectivity index (χ4n) is 2.60. The number of benzene rings is 1. The molecule has 1 aliphatic rings. The molecule has 0 saturated carbocycles. The van der Waals surface area contributed by atoms with Gasteiger partial charge < -0.3 is 10.5 Å². The van der Waals surface area contributed by atoms with Crippen molar-refractivity contribution in [3.05, 3.63) is 57.8 Å². The summed E-state index contributed by atoms with van der Waals surface area (Å²) in [6.45, 7) is 0.589. The molecule has 0 bridgehead atoms. The van der Waals surface area contributed by atoms with E-state index in [1.807, 2.05) is 41.8 Å². The van der Waals surface area contributed by atoms with Gasteiger partial charge in [-0.1, -0.05) is 30.3 Å². The minimum absolute atomic E-state index is 0.380. The van der Waals surface area contributed by atoms with Crippen LogP contribution in [0.2, 0.25) is 0 Å². The molecule has 0 saturated heterocycles. The normalized spacial score (nSPS) is 18.0. The maximum Gasteiger partial charge on any atom is 0.331 e. The lowest BCUT2D eigenvalue weighted by molar-refractivity contribution is -0.162. The first-order valence-corrected chi connectivity index (χ1v) is 8.35. The lowest BCUT2D eigenvalue weighted by atomic mass is 9.96. The summed E-state index contributed by atoms with van der Waals surface area (Å²) >= 11 is 1.52. The van der Waals surface area contributed by atoms with Gasteiger partial charge in [0.25, 0.3) is 0 Å². The van der Waals surface area contributed by atoms with Crippen LogP contribution >= 0.6 is 11.3 Å². The summed E-state index contributed by atoms with van der Waals surface area (Å²) in [5.74, 6) is -1.24. The number of fused-ring (bicyclic) bond motifs is 1. The zero-order valence-electron chi connectivity index (χ0n) is 12.5. The molecule has 1 aromatic carbocycles. The number of carbonyl (C=O) groups excluding carboxylic acids is 2. The molecular formula is C17H18N2O3S. The topological polar surface area (TPSA) is 81.4 Å². The first kappa shape index (κ1) is 15.9. The second kappa shape index (κ2) is 7.04. The van der Waals surface area contributed by atoms with E-state index in [1.54, 1.807) is 0 Å². The summed E-state index contributed by atoms with van der Waals surface area (Å²) in [5, 5.41) is 5.02. The Hall–Kier alpha value is -2.02. The van der Waals surface area contributed by atoms with Crippen molar-refractivity contribution in [1.82, 2.24) is 5.32 Å². The van der Waals surface area contributed by atoms with Crippen molar-refractivity contribution in [2.24, 2.45) is 5.73 Å². The molecule has 120 valence electrons. The fourth-order valence-corrected chi connectivity index (χ4v) is 3.36. The predicted octanol–water partition coefficient (Wildman–Crippen LogP) is 1.40. The number of thiophene rings is 1. The van der Waals surface area contributed by atoms with Crippen LogP contribution in [0.15, 0.2) is 41.8 Å². The Morgan fingerprint density at radius 1 is 1.26 bits per heavy atom. The second-order valence-electron chi connectivity index (χ2n) is 5.54. The smallest absolute Gasteiger partial charge is 0.331 e. The minimum Gasteiger partial charge on any atom is -0.391 e. The Morgan fingerprint density at radius 2 is 2.04 bits per heavy atom. The summed E-state index contributed by atoms with van der Waals surface area (Å²) in [6, 6.07) is 10.4. The highest BCUT2D eigenvalue weighted by Crippen LogP contribution is 2.17. The van der Waals surface area contributed by atoms with Gasteiger partial charge in [-0.3, -0.25) is 5.32 Å². The summed E-state index contributed by atoms with van der Waals surface area (Å²) in [7, 11) is 0. The van der Waals surface area contributed by atoms with Crippen molar-refractivity contribution in [1.29, 1.82) is 0 Å². The Labute approximate surface area is 138 Å². The monoisotopic (exact) mass is 330 g/mol. The quantitative estimate of drug-likeness (QED) is 0.654. The molecule has 2 heterocycles. The molecule has 0 spiro atoms. The molecule has 2 aromatic rings. The molecule has 0 radical (unpaired) electrons. The van der Waals surface area contributed by atoms with Gasteiger partial charge in [-0.15, -0.1) is 11.3 Å². The van der Waals surface area contributed by atoms with Crippen LogP contribution in [0.4, 0.5) is 0 Å². The summed E-state index contributed by atoms with van der Waals surface area (Å²) in [5.41, 5.74) is 8.09. The lowest BCUT2D eigenvalue weighted by Gasteiger charge is -2.24. The van der Waals surface area contributed by atoms with Crippen LogP contribution in [0.3, 0.4) is 0 Å². The maximum absolute atomic E-state index is 12.2. The number of ether oxygens (including phenoxy) is 1. The lowest BCUT2D eigenvalue weighted by Crippen LogP contribution is -2.45. The molecule has 3 rings (SSSR count). The van der Waals surface area contributed by atoms with E-state index in [1.165, 1.54) is 11.3 Å². The standard InChI is InChI=1S/C17H18N2O3S/c18-14(9-13-6-3-7-23-13)16(20)22-17(21)15-8-11-4-1-2-5-12(11)10-19-15/h1-7,14-15,19H,8-10,18H2/t14?,15-/m0/s1. The Bertz CT molecular complexity index is 700. The number of esters is 2. The largest absolute Gasteiger partial charge is 0.391 e. The van der Waals surface area contributed by atoms with Crippen LogP contribution in [0.25, 0.3) is 0 Å². The van der Waals surface area contributed by atoms with E-state index in [0.29, 0.717) is 19.4 Å². The number of nitrogens with one attached hydrogen (secondary N) is 1. The molecule has 23 heavy (non-hydrogen) atoms. The highest BCUT2D eigenvalue weighted by atomic mass is 32.1. The zero-order chi connectivity index (χ0) is 16.2. The van der Waals surface area contributed by atoms with Gasteiger partial charge in [-0.2, -0.15) is 0 Å². The third-order valence-electron chi connectivity index (χ3n) is 3.87. The van der Waals surface area contributed by atoms with E-state index >= 15 is 0 Å². The van der Waals surface area contributed by atoms with Crippen molar-refractivity contribution < 1.29 is 14.3 Å². The minimum atomic E-state index is -0.825. The van der Waals surface area contributed by atoms with Crippen molar-refractivity contribution in [3.63, 3.8) is 0 Å². The molecular weight excluding hydrogens is 312 g/mol. The molecule has 6 heteroatoms. The van der Waals surface area contributed by atoms with Gasteiger partial charge >= 0.3 is 11.9 Å². The van der Waals surface area contributed by atoms with Gasteiger partial charge in [0.2, 0.25) is 0 Å². The van der Waals surface area contributed by atoms with E-state index in [0.717, 1.165) is 16.0 Å². The highest BCUT2D eigenvalue weighted by Gasteiger charge is 2.28. The first-order chi connectivity index (χ1) is 11.1. The Morgan fingerprint density at radius 3 is 2.78 bits per heavy atom. The van der Waals surface area contributed by atoms with Gasteiger partial charge in [0.15, 0.2) is 0 Å². The molecule has 1 aromatic heterocycles. The van der Waals surface area contributed by atoms with Crippen LogP contribution in [0, 0.1) is 0 Å². The molecule has 0 aliphatic carbocycles. The number of hydrogen-bond donors (Lipinski definition) is 2. The van der Waals surface area contributed by atoms with Crippen LogP contribution in [-0.4, -0.2) is 24.0 Å². The van der Waals surface area contributed by atoms with Gasteiger partial charge in [0, 0.05) is 17.8 Å². The summed E-state index contributed by atoms with van der Waals surface area (Å²) in [4.78, 5) is 25.1.